The maximum Gasteiger partial charge on any atom is 0.490 e. The Bertz CT molecular complexity index is 532. The van der Waals surface area contributed by atoms with Gasteiger partial charge in [0.15, 0.2) is 0 Å². The van der Waals surface area contributed by atoms with Gasteiger partial charge < -0.3 is 10.0 Å². The van der Waals surface area contributed by atoms with Gasteiger partial charge in [-0.25, -0.2) is 4.39 Å². The summed E-state index contributed by atoms with van der Waals surface area (Å²) in [6.45, 7) is 0. The Morgan fingerprint density at radius 2 is 1.65 bits per heavy atom. The minimum absolute atomic E-state index is 0.0381. The predicted octanol–water partition coefficient (Wildman–Crippen LogP) is 1.83. The van der Waals surface area contributed by atoms with Crippen LogP contribution in [0.4, 0.5) is 4.39 Å². The zero-order valence-corrected chi connectivity index (χ0v) is 9.53. The highest BCUT2D eigenvalue weighted by atomic mass is 35.5. The first-order chi connectivity index (χ1) is 8.11. The van der Waals surface area contributed by atoms with Crippen molar-refractivity contribution in [3.05, 3.63) is 53.3 Å². The fourth-order valence-electron chi connectivity index (χ4n) is 1.60. The second-order valence-electron chi connectivity index (χ2n) is 3.57. The van der Waals surface area contributed by atoms with E-state index in [0.29, 0.717) is 11.1 Å². The van der Waals surface area contributed by atoms with Crippen molar-refractivity contribution in [2.45, 2.75) is 0 Å². The number of rotatable bonds is 2. The van der Waals surface area contributed by atoms with Gasteiger partial charge in [0.2, 0.25) is 0 Å². The first kappa shape index (κ1) is 12.1. The van der Waals surface area contributed by atoms with Crippen LogP contribution in [0.5, 0.6) is 0 Å². The Balaban J connectivity index is 2.56. The monoisotopic (exact) mass is 250 g/mol. The van der Waals surface area contributed by atoms with E-state index in [1.54, 1.807) is 24.3 Å². The molecule has 0 saturated heterocycles. The number of hydrogen-bond donors (Lipinski definition) is 2. The molecule has 0 spiro atoms. The molecule has 2 nitrogen and oxygen atoms in total. The minimum Gasteiger partial charge on any atom is -0.423 e. The van der Waals surface area contributed by atoms with Crippen molar-refractivity contribution in [3.8, 4) is 11.1 Å². The first-order valence-corrected chi connectivity index (χ1v) is 5.38. The average molecular weight is 250 g/mol. The SMILES string of the molecule is OB(O)c1ccc(-c2ccccc2)c(F)c1Cl. The summed E-state index contributed by atoms with van der Waals surface area (Å²) in [6, 6.07) is 11.8. The molecule has 0 aliphatic rings. The van der Waals surface area contributed by atoms with E-state index >= 15 is 0 Å². The van der Waals surface area contributed by atoms with E-state index in [9.17, 15) is 4.39 Å². The van der Waals surface area contributed by atoms with Gasteiger partial charge in [-0.05, 0) is 5.56 Å². The molecule has 17 heavy (non-hydrogen) atoms. The van der Waals surface area contributed by atoms with E-state index in [-0.39, 0.29) is 10.5 Å². The fraction of sp³-hybridized carbons (Fsp3) is 0. The lowest BCUT2D eigenvalue weighted by molar-refractivity contribution is 0.425. The van der Waals surface area contributed by atoms with E-state index in [4.69, 9.17) is 21.6 Å². The van der Waals surface area contributed by atoms with Crippen LogP contribution in [0.15, 0.2) is 42.5 Å². The summed E-state index contributed by atoms with van der Waals surface area (Å²) in [5.41, 5.74) is 0.981. The zero-order valence-electron chi connectivity index (χ0n) is 8.77. The van der Waals surface area contributed by atoms with Crippen molar-refractivity contribution in [1.82, 2.24) is 0 Å². The van der Waals surface area contributed by atoms with E-state index in [2.05, 4.69) is 0 Å². The summed E-state index contributed by atoms with van der Waals surface area (Å²) in [7, 11) is -1.78. The van der Waals surface area contributed by atoms with Crippen molar-refractivity contribution >= 4 is 24.2 Å². The Hall–Kier alpha value is -1.36. The van der Waals surface area contributed by atoms with Gasteiger partial charge in [-0.1, -0.05) is 54.1 Å². The fourth-order valence-corrected chi connectivity index (χ4v) is 1.87. The molecule has 0 atom stereocenters. The molecule has 2 N–H and O–H groups in total. The maximum absolute atomic E-state index is 14.0. The van der Waals surface area contributed by atoms with Crippen molar-refractivity contribution < 1.29 is 14.4 Å². The second-order valence-corrected chi connectivity index (χ2v) is 3.95. The van der Waals surface area contributed by atoms with Gasteiger partial charge in [-0.3, -0.25) is 0 Å². The highest BCUT2D eigenvalue weighted by molar-refractivity contribution is 6.62. The van der Waals surface area contributed by atoms with Crippen LogP contribution in [0.3, 0.4) is 0 Å². The molecular formula is C12H9BClFO2. The molecule has 0 bridgehead atoms. The molecule has 86 valence electrons. The summed E-state index contributed by atoms with van der Waals surface area (Å²) in [5, 5.41) is 17.7. The predicted molar refractivity (Wildman–Crippen MR) is 66.7 cm³/mol. The summed E-state index contributed by atoms with van der Waals surface area (Å²) < 4.78 is 14.0. The Kier molecular flexibility index (Phi) is 3.47. The van der Waals surface area contributed by atoms with Crippen molar-refractivity contribution in [2.75, 3.05) is 0 Å². The maximum atomic E-state index is 14.0. The van der Waals surface area contributed by atoms with E-state index in [1.165, 1.54) is 12.1 Å². The van der Waals surface area contributed by atoms with Crippen LogP contribution < -0.4 is 5.46 Å². The minimum atomic E-state index is -1.78. The Morgan fingerprint density at radius 3 is 2.24 bits per heavy atom. The normalized spacial score (nSPS) is 10.4. The summed E-state index contributed by atoms with van der Waals surface area (Å²) in [6.07, 6.45) is 0. The van der Waals surface area contributed by atoms with Crippen LogP contribution in [-0.4, -0.2) is 17.2 Å². The van der Waals surface area contributed by atoms with Crippen LogP contribution >= 0.6 is 11.6 Å². The lowest BCUT2D eigenvalue weighted by Crippen LogP contribution is -2.31. The highest BCUT2D eigenvalue weighted by Crippen LogP contribution is 2.26. The third kappa shape index (κ3) is 2.34. The van der Waals surface area contributed by atoms with Crippen LogP contribution in [0, 0.1) is 5.82 Å². The second kappa shape index (κ2) is 4.88. The average Bonchev–Trinajstić information content (AvgIpc) is 2.33. The largest absolute Gasteiger partial charge is 0.490 e. The molecule has 5 heteroatoms. The van der Waals surface area contributed by atoms with Gasteiger partial charge in [-0.15, -0.1) is 0 Å². The summed E-state index contributed by atoms with van der Waals surface area (Å²) >= 11 is 5.75. The molecule has 0 amide bonds. The molecule has 0 unspecified atom stereocenters. The standard InChI is InChI=1S/C12H9BClFO2/c14-11-10(13(16)17)7-6-9(12(11)15)8-4-2-1-3-5-8/h1-7,16-17H. The molecule has 2 aromatic carbocycles. The quantitative estimate of drug-likeness (QED) is 0.798. The smallest absolute Gasteiger partial charge is 0.423 e. The third-order valence-electron chi connectivity index (χ3n) is 2.48. The van der Waals surface area contributed by atoms with Gasteiger partial charge >= 0.3 is 7.12 Å². The number of benzene rings is 2. The van der Waals surface area contributed by atoms with Gasteiger partial charge in [-0.2, -0.15) is 0 Å². The lowest BCUT2D eigenvalue weighted by atomic mass is 9.79. The molecule has 2 rings (SSSR count). The molecule has 0 fully saturated rings. The highest BCUT2D eigenvalue weighted by Gasteiger charge is 2.20. The Labute approximate surface area is 103 Å². The summed E-state index contributed by atoms with van der Waals surface area (Å²) in [5.74, 6) is -0.650. The van der Waals surface area contributed by atoms with Gasteiger partial charge in [0, 0.05) is 11.0 Å². The van der Waals surface area contributed by atoms with Crippen molar-refractivity contribution in [2.24, 2.45) is 0 Å². The molecule has 0 aromatic heterocycles. The van der Waals surface area contributed by atoms with Crippen molar-refractivity contribution in [3.63, 3.8) is 0 Å². The molecular weight excluding hydrogens is 241 g/mol. The van der Waals surface area contributed by atoms with E-state index in [1.807, 2.05) is 6.07 Å². The molecule has 0 radical (unpaired) electrons. The molecule has 0 saturated carbocycles. The van der Waals surface area contributed by atoms with Gasteiger partial charge in [0.05, 0.1) is 5.02 Å². The Morgan fingerprint density at radius 1 is 1.00 bits per heavy atom. The topological polar surface area (TPSA) is 40.5 Å². The molecule has 0 heterocycles. The first-order valence-electron chi connectivity index (χ1n) is 5.00. The van der Waals surface area contributed by atoms with E-state index < -0.39 is 12.9 Å². The van der Waals surface area contributed by atoms with Gasteiger partial charge in [0.25, 0.3) is 0 Å². The van der Waals surface area contributed by atoms with Crippen molar-refractivity contribution in [1.29, 1.82) is 0 Å². The molecule has 2 aromatic rings. The third-order valence-corrected chi connectivity index (χ3v) is 2.86. The molecule has 0 aliphatic carbocycles. The lowest BCUT2D eigenvalue weighted by Gasteiger charge is -2.08. The summed E-state index contributed by atoms with van der Waals surface area (Å²) in [4.78, 5) is 0. The van der Waals surface area contributed by atoms with Gasteiger partial charge in [0.1, 0.15) is 5.82 Å². The number of hydrogen-bond acceptors (Lipinski definition) is 2. The molecule has 0 aliphatic heterocycles. The van der Waals surface area contributed by atoms with Crippen LogP contribution in [0.25, 0.3) is 11.1 Å². The van der Waals surface area contributed by atoms with Crippen LogP contribution in [-0.2, 0) is 0 Å². The van der Waals surface area contributed by atoms with E-state index in [0.717, 1.165) is 0 Å². The van der Waals surface area contributed by atoms with Crippen LogP contribution in [0.1, 0.15) is 0 Å². The van der Waals surface area contributed by atoms with Crippen LogP contribution in [0.2, 0.25) is 5.02 Å². The zero-order chi connectivity index (χ0) is 12.4. The number of halogens is 2.